The summed E-state index contributed by atoms with van der Waals surface area (Å²) in [6.45, 7) is -1.74. The molecule has 8 nitrogen and oxygen atoms in total. The van der Waals surface area contributed by atoms with Gasteiger partial charge in [0.25, 0.3) is 5.69 Å². The lowest BCUT2D eigenvalue weighted by Gasteiger charge is -2.08. The summed E-state index contributed by atoms with van der Waals surface area (Å²) in [5.74, 6) is -1.07. The van der Waals surface area contributed by atoms with Crippen LogP contribution < -0.4 is 5.73 Å². The molecule has 0 saturated heterocycles. The third kappa shape index (κ3) is 6.36. The van der Waals surface area contributed by atoms with E-state index in [2.05, 4.69) is 9.89 Å². The maximum absolute atomic E-state index is 12.1. The van der Waals surface area contributed by atoms with Crippen molar-refractivity contribution in [1.82, 2.24) is 0 Å². The van der Waals surface area contributed by atoms with Crippen molar-refractivity contribution >= 4 is 17.5 Å². The Morgan fingerprint density at radius 2 is 1.82 bits per heavy atom. The summed E-state index contributed by atoms with van der Waals surface area (Å²) < 4.78 is 40.8. The highest BCUT2D eigenvalue weighted by molar-refractivity contribution is 5.98. The lowest BCUT2D eigenvalue weighted by atomic mass is 10.1. The predicted octanol–water partition coefficient (Wildman–Crippen LogP) is 3.15. The summed E-state index contributed by atoms with van der Waals surface area (Å²) in [5, 5.41) is 14.1. The third-order valence-corrected chi connectivity index (χ3v) is 3.30. The number of nitrogens with zero attached hydrogens (tertiary/aromatic N) is 2. The van der Waals surface area contributed by atoms with Gasteiger partial charge in [0.2, 0.25) is 0 Å². The zero-order valence-electron chi connectivity index (χ0n) is 14.2. The number of hydrogen-bond acceptors (Lipinski definition) is 6. The van der Waals surface area contributed by atoms with Gasteiger partial charge in [-0.15, -0.1) is 0 Å². The molecule has 0 aliphatic heterocycles. The van der Waals surface area contributed by atoms with Gasteiger partial charge < -0.3 is 15.3 Å². The minimum absolute atomic E-state index is 0.0355. The topological polar surface area (TPSA) is 117 Å². The standard InChI is InChI=1S/C17H14F3N3O5/c18-17(19,20)10-27-9-11-2-1-3-13(8-11)16(24)28-22-15(21)12-4-6-14(7-5-12)23(25)26/h1-8H,9-10H2,(H2,21,22). The second kappa shape index (κ2) is 8.95. The molecule has 0 spiro atoms. The molecule has 28 heavy (non-hydrogen) atoms. The SMILES string of the molecule is N/C(=N\OC(=O)c1cccc(COCC(F)(F)F)c1)c1ccc([N+](=O)[O-])cc1. The van der Waals surface area contributed by atoms with Crippen LogP contribution >= 0.6 is 0 Å². The Kier molecular flexibility index (Phi) is 6.66. The smallest absolute Gasteiger partial charge is 0.380 e. The van der Waals surface area contributed by atoms with E-state index >= 15 is 0 Å². The summed E-state index contributed by atoms with van der Waals surface area (Å²) in [6.07, 6.45) is -4.44. The van der Waals surface area contributed by atoms with Gasteiger partial charge in [0, 0.05) is 17.7 Å². The number of amidine groups is 1. The highest BCUT2D eigenvalue weighted by Gasteiger charge is 2.27. The fourth-order valence-corrected chi connectivity index (χ4v) is 2.02. The molecule has 2 aromatic rings. The largest absolute Gasteiger partial charge is 0.411 e. The van der Waals surface area contributed by atoms with Crippen molar-refractivity contribution in [3.63, 3.8) is 0 Å². The average Bonchev–Trinajstić information content (AvgIpc) is 2.65. The number of halogens is 3. The van der Waals surface area contributed by atoms with Crippen molar-refractivity contribution < 1.29 is 32.5 Å². The van der Waals surface area contributed by atoms with E-state index < -0.39 is 23.7 Å². The first-order valence-electron chi connectivity index (χ1n) is 7.69. The van der Waals surface area contributed by atoms with E-state index in [0.717, 1.165) is 0 Å². The molecule has 0 radical (unpaired) electrons. The van der Waals surface area contributed by atoms with Crippen LogP contribution in [0.4, 0.5) is 18.9 Å². The van der Waals surface area contributed by atoms with Crippen molar-refractivity contribution in [2.24, 2.45) is 10.9 Å². The molecule has 0 amide bonds. The van der Waals surface area contributed by atoms with Gasteiger partial charge in [-0.1, -0.05) is 17.3 Å². The first-order valence-corrected chi connectivity index (χ1v) is 7.69. The maximum Gasteiger partial charge on any atom is 0.411 e. The van der Waals surface area contributed by atoms with Crippen molar-refractivity contribution in [3.8, 4) is 0 Å². The fourth-order valence-electron chi connectivity index (χ4n) is 2.02. The van der Waals surface area contributed by atoms with Gasteiger partial charge in [-0.05, 0) is 29.8 Å². The number of carbonyl (C=O) groups excluding carboxylic acids is 1. The number of rotatable bonds is 7. The molecule has 0 aliphatic carbocycles. The lowest BCUT2D eigenvalue weighted by molar-refractivity contribution is -0.384. The summed E-state index contributed by atoms with van der Waals surface area (Å²) >= 11 is 0. The minimum Gasteiger partial charge on any atom is -0.380 e. The maximum atomic E-state index is 12.1. The number of benzene rings is 2. The Hall–Kier alpha value is -3.47. The molecular weight excluding hydrogens is 383 g/mol. The summed E-state index contributed by atoms with van der Waals surface area (Å²) in [4.78, 5) is 26.7. The molecule has 0 fully saturated rings. The Bertz CT molecular complexity index is 882. The van der Waals surface area contributed by atoms with Crippen LogP contribution in [0.25, 0.3) is 0 Å². The number of oxime groups is 1. The molecular formula is C17H14F3N3O5. The van der Waals surface area contributed by atoms with Gasteiger partial charge in [0.15, 0.2) is 5.84 Å². The van der Waals surface area contributed by atoms with Gasteiger partial charge in [0.05, 0.1) is 17.1 Å². The number of non-ortho nitro benzene ring substituents is 1. The summed E-state index contributed by atoms with van der Waals surface area (Å²) in [5.41, 5.74) is 6.19. The first kappa shape index (κ1) is 20.8. The molecule has 2 aromatic carbocycles. The molecule has 0 atom stereocenters. The van der Waals surface area contributed by atoms with Gasteiger partial charge >= 0.3 is 12.1 Å². The quantitative estimate of drug-likeness (QED) is 0.252. The third-order valence-electron chi connectivity index (χ3n) is 3.30. The van der Waals surface area contributed by atoms with Crippen LogP contribution in [0.2, 0.25) is 0 Å². The molecule has 0 heterocycles. The fraction of sp³-hybridized carbons (Fsp3) is 0.176. The zero-order valence-corrected chi connectivity index (χ0v) is 14.2. The van der Waals surface area contributed by atoms with Crippen LogP contribution in [0, 0.1) is 10.1 Å². The highest BCUT2D eigenvalue weighted by atomic mass is 19.4. The molecule has 0 aromatic heterocycles. The van der Waals surface area contributed by atoms with E-state index in [1.807, 2.05) is 0 Å². The van der Waals surface area contributed by atoms with Crippen molar-refractivity contribution in [3.05, 3.63) is 75.3 Å². The van der Waals surface area contributed by atoms with Crippen molar-refractivity contribution in [2.75, 3.05) is 6.61 Å². The molecule has 0 aliphatic rings. The molecule has 0 unspecified atom stereocenters. The number of nitrogens with two attached hydrogens (primary N) is 1. The second-order valence-corrected chi connectivity index (χ2v) is 5.47. The zero-order chi connectivity index (χ0) is 20.7. The van der Waals surface area contributed by atoms with E-state index in [-0.39, 0.29) is 23.7 Å². The van der Waals surface area contributed by atoms with E-state index in [0.29, 0.717) is 11.1 Å². The molecule has 2 N–H and O–H groups in total. The van der Waals surface area contributed by atoms with Crippen LogP contribution in [0.1, 0.15) is 21.5 Å². The van der Waals surface area contributed by atoms with E-state index in [1.165, 1.54) is 48.5 Å². The monoisotopic (exact) mass is 397 g/mol. The number of nitro benzene ring substituents is 1. The van der Waals surface area contributed by atoms with E-state index in [4.69, 9.17) is 10.6 Å². The van der Waals surface area contributed by atoms with Gasteiger partial charge in [-0.2, -0.15) is 13.2 Å². The Morgan fingerprint density at radius 1 is 1.14 bits per heavy atom. The summed E-state index contributed by atoms with van der Waals surface area (Å²) in [7, 11) is 0. The first-order chi connectivity index (χ1) is 13.2. The van der Waals surface area contributed by atoms with Crippen molar-refractivity contribution in [1.29, 1.82) is 0 Å². The van der Waals surface area contributed by atoms with E-state index in [9.17, 15) is 28.1 Å². The Balaban J connectivity index is 1.99. The second-order valence-electron chi connectivity index (χ2n) is 5.47. The van der Waals surface area contributed by atoms with Gasteiger partial charge in [-0.3, -0.25) is 10.1 Å². The highest BCUT2D eigenvalue weighted by Crippen LogP contribution is 2.16. The Labute approximate surface area is 156 Å². The van der Waals surface area contributed by atoms with Gasteiger partial charge in [0.1, 0.15) is 6.61 Å². The average molecular weight is 397 g/mol. The number of ether oxygens (including phenoxy) is 1. The number of carbonyl (C=O) groups is 1. The predicted molar refractivity (Wildman–Crippen MR) is 91.4 cm³/mol. The Morgan fingerprint density at radius 3 is 2.43 bits per heavy atom. The van der Waals surface area contributed by atoms with Gasteiger partial charge in [-0.25, -0.2) is 4.79 Å². The number of hydrogen-bond donors (Lipinski definition) is 1. The molecule has 11 heteroatoms. The molecule has 0 saturated carbocycles. The van der Waals surface area contributed by atoms with Crippen LogP contribution in [0.5, 0.6) is 0 Å². The molecule has 2 rings (SSSR count). The van der Waals surface area contributed by atoms with E-state index in [1.54, 1.807) is 0 Å². The van der Waals surface area contributed by atoms with Crippen LogP contribution in [0.3, 0.4) is 0 Å². The number of nitro groups is 1. The number of alkyl halides is 3. The molecule has 148 valence electrons. The van der Waals surface area contributed by atoms with Crippen molar-refractivity contribution in [2.45, 2.75) is 12.8 Å². The van der Waals surface area contributed by atoms with Crippen LogP contribution in [-0.4, -0.2) is 29.5 Å². The minimum atomic E-state index is -4.44. The lowest BCUT2D eigenvalue weighted by Crippen LogP contribution is -2.17. The van der Waals surface area contributed by atoms with Crippen LogP contribution in [-0.2, 0) is 16.2 Å². The normalized spacial score (nSPS) is 11.9. The molecule has 0 bridgehead atoms. The summed E-state index contributed by atoms with van der Waals surface area (Å²) in [6, 6.07) is 10.7. The van der Waals surface area contributed by atoms with Crippen LogP contribution in [0.15, 0.2) is 53.7 Å².